The molecule has 1 atom stereocenters. The van der Waals surface area contributed by atoms with E-state index >= 15 is 0 Å². The molecule has 0 aliphatic rings. The molecule has 11 heteroatoms. The van der Waals surface area contributed by atoms with E-state index in [0.29, 0.717) is 33.3 Å². The van der Waals surface area contributed by atoms with Crippen LogP contribution in [0.1, 0.15) is 40.7 Å². The van der Waals surface area contributed by atoms with Crippen LogP contribution >= 0.6 is 23.5 Å². The maximum absolute atomic E-state index is 12.9. The Labute approximate surface area is 233 Å². The van der Waals surface area contributed by atoms with Gasteiger partial charge in [-0.3, -0.25) is 9.36 Å². The molecule has 0 amide bonds. The summed E-state index contributed by atoms with van der Waals surface area (Å²) in [7, 11) is -2.85. The summed E-state index contributed by atoms with van der Waals surface area (Å²) in [6.45, 7) is 0. The maximum Gasteiger partial charge on any atom is 1.00 e. The molecule has 0 spiro atoms. The first-order chi connectivity index (χ1) is 16.2. The molecule has 0 bridgehead atoms. The molecule has 8 nitrogen and oxygen atoms in total. The van der Waals surface area contributed by atoms with Crippen molar-refractivity contribution in [2.45, 2.75) is 19.3 Å². The van der Waals surface area contributed by atoms with Crippen LogP contribution in [0.25, 0.3) is 22.6 Å². The molecule has 0 saturated carbocycles. The molecular weight excluding hydrogens is 544 g/mol. The van der Waals surface area contributed by atoms with E-state index in [-0.39, 0.29) is 66.5 Å². The van der Waals surface area contributed by atoms with Gasteiger partial charge in [0.15, 0.2) is 0 Å². The van der Waals surface area contributed by atoms with Crippen LogP contribution < -0.4 is 39.2 Å². The summed E-state index contributed by atoms with van der Waals surface area (Å²) >= 11 is 3.43. The topological polar surface area (TPSA) is 139 Å². The van der Waals surface area contributed by atoms with Gasteiger partial charge in [-0.25, -0.2) is 0 Å². The molecular formula is C24H20BrN3NaO5P. The Morgan fingerprint density at radius 3 is 2.63 bits per heavy atom. The van der Waals surface area contributed by atoms with Crippen molar-refractivity contribution >= 4 is 52.0 Å². The van der Waals surface area contributed by atoms with Crippen LogP contribution in [0, 0.1) is 22.7 Å². The summed E-state index contributed by atoms with van der Waals surface area (Å²) in [6, 6.07) is 14.5. The third kappa shape index (κ3) is 7.39. The third-order valence-corrected chi connectivity index (χ3v) is 6.56. The number of methoxy groups -OCH3 is 1. The second kappa shape index (κ2) is 12.7. The van der Waals surface area contributed by atoms with Gasteiger partial charge in [0.05, 0.1) is 35.9 Å². The normalized spacial score (nSPS) is 12.8. The van der Waals surface area contributed by atoms with Crippen LogP contribution in [-0.4, -0.2) is 28.6 Å². The molecule has 1 aromatic heterocycles. The number of hydrogen-bond donors (Lipinski definition) is 1. The Hall–Kier alpha value is -2.20. The molecule has 174 valence electrons. The number of benzene rings is 2. The number of carbonyl (C=O) groups excluding carboxylic acids is 1. The summed E-state index contributed by atoms with van der Waals surface area (Å²) < 4.78 is 18.5. The Morgan fingerprint density at radius 1 is 1.26 bits per heavy atom. The summed E-state index contributed by atoms with van der Waals surface area (Å²) in [5, 5.41) is 19.9. The number of nitrogens with zero attached hydrogens (tertiary/aromatic N) is 3. The zero-order valence-electron chi connectivity index (χ0n) is 19.2. The van der Waals surface area contributed by atoms with Crippen LogP contribution in [-0.2, 0) is 4.57 Å². The number of nitriles is 2. The minimum Gasteiger partial charge on any atom is -0.779 e. The number of allylic oxidation sites excluding steroid dienone is 1. The molecule has 0 aliphatic carbocycles. The molecule has 1 unspecified atom stereocenters. The number of unbranched alkanes of at least 4 members (excludes halogenated alkanes) is 1. The molecule has 0 saturated heterocycles. The van der Waals surface area contributed by atoms with E-state index in [1.54, 1.807) is 42.6 Å². The van der Waals surface area contributed by atoms with E-state index in [1.807, 2.05) is 6.07 Å². The number of aromatic nitrogens is 1. The van der Waals surface area contributed by atoms with E-state index in [1.165, 1.54) is 11.7 Å². The van der Waals surface area contributed by atoms with E-state index in [4.69, 9.17) is 9.63 Å². The first-order valence-corrected chi connectivity index (χ1v) is 12.8. The van der Waals surface area contributed by atoms with Crippen LogP contribution in [0.2, 0.25) is 0 Å². The van der Waals surface area contributed by atoms with Gasteiger partial charge in [-0.2, -0.15) is 10.5 Å². The number of carbonyl (C=O) groups is 1. The molecule has 3 rings (SSSR count). The maximum atomic E-state index is 12.9. The van der Waals surface area contributed by atoms with Gasteiger partial charge < -0.3 is 19.1 Å². The van der Waals surface area contributed by atoms with Crippen molar-refractivity contribution in [3.8, 4) is 17.9 Å². The van der Waals surface area contributed by atoms with E-state index in [9.17, 15) is 24.8 Å². The van der Waals surface area contributed by atoms with E-state index < -0.39 is 7.60 Å². The van der Waals surface area contributed by atoms with Crippen molar-refractivity contribution in [3.05, 3.63) is 63.8 Å². The predicted octanol–water partition coefficient (Wildman–Crippen LogP) is 1.71. The first kappa shape index (κ1) is 29.0. The van der Waals surface area contributed by atoms with Crippen LogP contribution in [0.4, 0.5) is 0 Å². The summed E-state index contributed by atoms with van der Waals surface area (Å²) in [4.78, 5) is 32.7. The summed E-state index contributed by atoms with van der Waals surface area (Å²) in [5.74, 6) is 0.228. The van der Waals surface area contributed by atoms with Crippen molar-refractivity contribution in [2.24, 2.45) is 0 Å². The molecule has 1 N–H and O–H groups in total. The number of halogens is 1. The van der Waals surface area contributed by atoms with Gasteiger partial charge in [0.2, 0.25) is 5.91 Å². The Kier molecular flexibility index (Phi) is 10.5. The van der Waals surface area contributed by atoms with Crippen molar-refractivity contribution in [3.63, 3.8) is 0 Å². The fraction of sp³-hybridized carbons (Fsp3) is 0.208. The van der Waals surface area contributed by atoms with Crippen LogP contribution in [0.5, 0.6) is 5.75 Å². The van der Waals surface area contributed by atoms with Gasteiger partial charge in [0.1, 0.15) is 13.3 Å². The molecule has 0 radical (unpaired) electrons. The van der Waals surface area contributed by atoms with Gasteiger partial charge in [0, 0.05) is 39.8 Å². The number of fused-ring (bicyclic) bond motifs is 1. The Morgan fingerprint density at radius 2 is 2.00 bits per heavy atom. The van der Waals surface area contributed by atoms with Gasteiger partial charge in [-0.05, 0) is 55.3 Å². The van der Waals surface area contributed by atoms with Crippen molar-refractivity contribution in [1.29, 1.82) is 10.5 Å². The fourth-order valence-electron chi connectivity index (χ4n) is 3.57. The van der Waals surface area contributed by atoms with Crippen molar-refractivity contribution in [2.75, 3.05) is 13.3 Å². The SMILES string of the molecule is COc1ccc(C#N)cc1/C=C(\C#N)c1cn(C(=O)CCCCP(=O)([O-])O)c2ccc(Br)cc12.[Na+]. The minimum atomic E-state index is -4.35. The molecule has 1 heterocycles. The molecule has 0 aliphatic heterocycles. The monoisotopic (exact) mass is 563 g/mol. The van der Waals surface area contributed by atoms with Gasteiger partial charge in [-0.1, -0.05) is 15.9 Å². The summed E-state index contributed by atoms with van der Waals surface area (Å²) in [6.07, 6.45) is 3.34. The Balaban J connectivity index is 0.00000432. The molecule has 3 aromatic rings. The average Bonchev–Trinajstić information content (AvgIpc) is 3.17. The molecule has 2 aromatic carbocycles. The Bertz CT molecular complexity index is 1420. The smallest absolute Gasteiger partial charge is 0.779 e. The van der Waals surface area contributed by atoms with Crippen LogP contribution in [0.15, 0.2) is 47.1 Å². The second-order valence-corrected chi connectivity index (χ2v) is 10.2. The van der Waals surface area contributed by atoms with Crippen LogP contribution in [0.3, 0.4) is 0 Å². The van der Waals surface area contributed by atoms with E-state index in [2.05, 4.69) is 28.1 Å². The quantitative estimate of drug-likeness (QED) is 0.190. The van der Waals surface area contributed by atoms with Crippen molar-refractivity contribution in [1.82, 2.24) is 4.57 Å². The van der Waals surface area contributed by atoms with Crippen molar-refractivity contribution < 1.29 is 53.4 Å². The zero-order chi connectivity index (χ0) is 24.9. The first-order valence-electron chi connectivity index (χ1n) is 10.2. The third-order valence-electron chi connectivity index (χ3n) is 5.19. The molecule has 0 fully saturated rings. The molecule has 35 heavy (non-hydrogen) atoms. The second-order valence-electron chi connectivity index (χ2n) is 7.52. The predicted molar refractivity (Wildman–Crippen MR) is 130 cm³/mol. The number of ether oxygens (including phenoxy) is 1. The number of hydrogen-bond acceptors (Lipinski definition) is 6. The van der Waals surface area contributed by atoms with E-state index in [0.717, 1.165) is 4.47 Å². The standard InChI is InChI=1S/C24H21BrN3O5P.Na/c1-33-23-8-5-16(13-26)10-17(23)11-18(14-27)21-15-28(22-7-6-19(25)12-20(21)22)24(29)4-2-3-9-34(30,31)32;/h5-8,10-12,15H,2-4,9H2,1H3,(H2,30,31,32);/q;+1/p-1/b18-11+;. The number of rotatable bonds is 8. The van der Waals surface area contributed by atoms with Gasteiger partial charge >= 0.3 is 29.6 Å². The van der Waals surface area contributed by atoms with Gasteiger partial charge in [0.25, 0.3) is 0 Å². The van der Waals surface area contributed by atoms with Gasteiger partial charge in [-0.15, -0.1) is 0 Å². The summed E-state index contributed by atoms with van der Waals surface area (Å²) in [5.41, 5.74) is 2.35. The largest absolute Gasteiger partial charge is 1.00 e. The fourth-order valence-corrected chi connectivity index (χ4v) is 4.56. The average molecular weight is 564 g/mol. The zero-order valence-corrected chi connectivity index (χ0v) is 23.7. The minimum absolute atomic E-state index is 0.